The number of hydrogen-bond acceptors (Lipinski definition) is 2. The average molecular weight is 324 g/mol. The fourth-order valence-corrected chi connectivity index (χ4v) is 3.07. The second-order valence-corrected chi connectivity index (χ2v) is 8.02. The Labute approximate surface area is 98.0 Å². The summed E-state index contributed by atoms with van der Waals surface area (Å²) in [5.74, 6) is 0. The molecule has 14 heavy (non-hydrogen) atoms. The maximum absolute atomic E-state index is 9.60. The van der Waals surface area contributed by atoms with Crippen molar-refractivity contribution in [3.63, 3.8) is 0 Å². The summed E-state index contributed by atoms with van der Waals surface area (Å²) in [7, 11) is -2.68. The zero-order chi connectivity index (χ0) is 10.8. The second-order valence-electron chi connectivity index (χ2n) is 2.93. The molecule has 0 aliphatic heterocycles. The maximum atomic E-state index is 9.60. The van der Waals surface area contributed by atoms with Crippen LogP contribution in [0.3, 0.4) is 0 Å². The minimum absolute atomic E-state index is 0.576. The van der Waals surface area contributed by atoms with Crippen LogP contribution >= 0.6 is 29.0 Å². The van der Waals surface area contributed by atoms with Crippen molar-refractivity contribution >= 4 is 34.5 Å². The standard InChI is InChI=1S/C10H13IO2S/c1-3-8(2)9-6-4-5-7-10(9)14(11,12)13/h4-7,12-13H,2-3H2,1H3. The lowest BCUT2D eigenvalue weighted by Crippen LogP contribution is -1.94. The van der Waals surface area contributed by atoms with Gasteiger partial charge < -0.3 is 0 Å². The highest BCUT2D eigenvalue weighted by atomic mass is 127. The molecular weight excluding hydrogens is 311 g/mol. The molecule has 4 heteroatoms. The van der Waals surface area contributed by atoms with Gasteiger partial charge in [0.15, 0.2) is 0 Å². The Kier molecular flexibility index (Phi) is 4.00. The van der Waals surface area contributed by atoms with E-state index in [1.54, 1.807) is 33.3 Å². The molecule has 0 aliphatic rings. The van der Waals surface area contributed by atoms with Crippen molar-refractivity contribution in [2.45, 2.75) is 18.2 Å². The molecule has 0 aliphatic carbocycles. The van der Waals surface area contributed by atoms with Crippen LogP contribution < -0.4 is 0 Å². The smallest absolute Gasteiger partial charge is 0.0772 e. The fraction of sp³-hybridized carbons (Fsp3) is 0.200. The van der Waals surface area contributed by atoms with Gasteiger partial charge in [-0.2, -0.15) is 0 Å². The molecule has 2 N–H and O–H groups in total. The Morgan fingerprint density at radius 1 is 1.43 bits per heavy atom. The van der Waals surface area contributed by atoms with E-state index in [-0.39, 0.29) is 0 Å². The van der Waals surface area contributed by atoms with Crippen molar-refractivity contribution in [2.75, 3.05) is 0 Å². The topological polar surface area (TPSA) is 40.5 Å². The molecule has 0 saturated carbocycles. The lowest BCUT2D eigenvalue weighted by Gasteiger charge is -2.26. The van der Waals surface area contributed by atoms with E-state index >= 15 is 0 Å². The lowest BCUT2D eigenvalue weighted by atomic mass is 10.1. The van der Waals surface area contributed by atoms with Crippen LogP contribution in [0.4, 0.5) is 0 Å². The Hall–Kier alpha value is -0.0400. The van der Waals surface area contributed by atoms with E-state index in [0.717, 1.165) is 17.6 Å². The molecule has 1 aromatic rings. The van der Waals surface area contributed by atoms with Crippen molar-refractivity contribution in [2.24, 2.45) is 0 Å². The Morgan fingerprint density at radius 3 is 2.50 bits per heavy atom. The van der Waals surface area contributed by atoms with Gasteiger partial charge in [-0.05, 0) is 18.1 Å². The van der Waals surface area contributed by atoms with Crippen LogP contribution in [0.15, 0.2) is 35.7 Å². The van der Waals surface area contributed by atoms with E-state index in [4.69, 9.17) is 0 Å². The van der Waals surface area contributed by atoms with Crippen LogP contribution in [0.5, 0.6) is 0 Å². The van der Waals surface area contributed by atoms with Crippen molar-refractivity contribution in [1.82, 2.24) is 0 Å². The summed E-state index contributed by atoms with van der Waals surface area (Å²) in [4.78, 5) is 0.576. The molecule has 78 valence electrons. The lowest BCUT2D eigenvalue weighted by molar-refractivity contribution is 0.512. The van der Waals surface area contributed by atoms with E-state index in [2.05, 4.69) is 6.58 Å². The van der Waals surface area contributed by atoms with Gasteiger partial charge in [0.1, 0.15) is 0 Å². The summed E-state index contributed by atoms with van der Waals surface area (Å²) in [6.45, 7) is 5.90. The Bertz CT molecular complexity index is 344. The third-order valence-corrected chi connectivity index (χ3v) is 4.31. The summed E-state index contributed by atoms with van der Waals surface area (Å²) < 4.78 is 19.2. The average Bonchev–Trinajstić information content (AvgIpc) is 2.15. The molecule has 0 heterocycles. The Morgan fingerprint density at radius 2 is 2.00 bits per heavy atom. The molecule has 2 nitrogen and oxygen atoms in total. The van der Waals surface area contributed by atoms with Crippen molar-refractivity contribution in [3.8, 4) is 0 Å². The van der Waals surface area contributed by atoms with Gasteiger partial charge in [-0.1, -0.05) is 31.7 Å². The fourth-order valence-electron chi connectivity index (χ4n) is 1.18. The molecule has 0 unspecified atom stereocenters. The van der Waals surface area contributed by atoms with Gasteiger partial charge >= 0.3 is 0 Å². The molecular formula is C10H13IO2S. The van der Waals surface area contributed by atoms with Crippen LogP contribution in [0.1, 0.15) is 18.9 Å². The molecule has 0 saturated heterocycles. The zero-order valence-electron chi connectivity index (χ0n) is 7.90. The number of benzene rings is 1. The van der Waals surface area contributed by atoms with E-state index in [1.165, 1.54) is 0 Å². The van der Waals surface area contributed by atoms with Gasteiger partial charge in [0.2, 0.25) is 0 Å². The molecule has 0 bridgehead atoms. The summed E-state index contributed by atoms with van der Waals surface area (Å²) in [5.41, 5.74) is 1.78. The van der Waals surface area contributed by atoms with E-state index < -0.39 is 7.76 Å². The molecule has 0 spiro atoms. The van der Waals surface area contributed by atoms with E-state index in [9.17, 15) is 9.11 Å². The van der Waals surface area contributed by atoms with Gasteiger partial charge in [0.05, 0.1) is 26.1 Å². The highest BCUT2D eigenvalue weighted by Crippen LogP contribution is 2.57. The third-order valence-electron chi connectivity index (χ3n) is 1.97. The summed E-state index contributed by atoms with van der Waals surface area (Å²) >= 11 is 1.67. The normalized spacial score (nSPS) is 12.6. The molecule has 1 rings (SSSR count). The van der Waals surface area contributed by atoms with Crippen molar-refractivity contribution in [1.29, 1.82) is 0 Å². The van der Waals surface area contributed by atoms with Crippen molar-refractivity contribution < 1.29 is 9.11 Å². The van der Waals surface area contributed by atoms with E-state index in [1.807, 2.05) is 19.1 Å². The molecule has 0 amide bonds. The minimum atomic E-state index is -2.68. The SMILES string of the molecule is C=C(CC)c1ccccc1S(O)(O)I. The predicted molar refractivity (Wildman–Crippen MR) is 70.9 cm³/mol. The predicted octanol–water partition coefficient (Wildman–Crippen LogP) is 4.57. The zero-order valence-corrected chi connectivity index (χ0v) is 10.9. The van der Waals surface area contributed by atoms with E-state index in [0.29, 0.717) is 4.90 Å². The number of halogens is 1. The maximum Gasteiger partial charge on any atom is 0.0772 e. The number of hydrogen-bond donors (Lipinski definition) is 2. The minimum Gasteiger partial charge on any atom is -0.286 e. The molecule has 0 fully saturated rings. The molecule has 0 aromatic heterocycles. The summed E-state index contributed by atoms with van der Waals surface area (Å²) in [6, 6.07) is 7.28. The number of rotatable bonds is 3. The molecule has 0 radical (unpaired) electrons. The van der Waals surface area contributed by atoms with Crippen LogP contribution in [0.2, 0.25) is 0 Å². The van der Waals surface area contributed by atoms with Gasteiger partial charge in [-0.3, -0.25) is 9.11 Å². The molecule has 0 atom stereocenters. The first-order valence-electron chi connectivity index (χ1n) is 4.22. The largest absolute Gasteiger partial charge is 0.286 e. The monoisotopic (exact) mass is 324 g/mol. The highest BCUT2D eigenvalue weighted by molar-refractivity contribution is 14.2. The first-order valence-corrected chi connectivity index (χ1v) is 8.30. The first kappa shape index (κ1) is 12.0. The highest BCUT2D eigenvalue weighted by Gasteiger charge is 2.16. The van der Waals surface area contributed by atoms with Gasteiger partial charge in [0, 0.05) is 5.56 Å². The van der Waals surface area contributed by atoms with Crippen LogP contribution in [0.25, 0.3) is 5.57 Å². The van der Waals surface area contributed by atoms with Gasteiger partial charge in [-0.25, -0.2) is 0 Å². The first-order chi connectivity index (χ1) is 6.46. The summed E-state index contributed by atoms with van der Waals surface area (Å²) in [5, 5.41) is 0. The quantitative estimate of drug-likeness (QED) is 0.800. The second kappa shape index (κ2) is 4.65. The van der Waals surface area contributed by atoms with Gasteiger partial charge in [0.25, 0.3) is 0 Å². The van der Waals surface area contributed by atoms with Crippen molar-refractivity contribution in [3.05, 3.63) is 36.4 Å². The van der Waals surface area contributed by atoms with Gasteiger partial charge in [-0.15, -0.1) is 7.76 Å². The molecule has 1 aromatic carbocycles. The van der Waals surface area contributed by atoms with Crippen LogP contribution in [-0.4, -0.2) is 9.11 Å². The third kappa shape index (κ3) is 2.73. The van der Waals surface area contributed by atoms with Crippen LogP contribution in [0, 0.1) is 0 Å². The van der Waals surface area contributed by atoms with Crippen LogP contribution in [-0.2, 0) is 0 Å². The Balaban J connectivity index is 3.23. The summed E-state index contributed by atoms with van der Waals surface area (Å²) in [6.07, 6.45) is 0.809. The number of allylic oxidation sites excluding steroid dienone is 1.